The maximum Gasteiger partial charge on any atom is 0.472 e. The molecule has 456 valence electrons. The second-order valence-corrected chi connectivity index (χ2v) is 26.0. The Morgan fingerprint density at radius 3 is 1.04 bits per heavy atom. The second kappa shape index (κ2) is 59.3. The van der Waals surface area contributed by atoms with Crippen molar-refractivity contribution in [2.45, 2.75) is 353 Å². The molecule has 0 heterocycles. The number of hydrogen-bond donors (Lipinski definition) is 3. The summed E-state index contributed by atoms with van der Waals surface area (Å²) in [6.45, 7) is 4.84. The van der Waals surface area contributed by atoms with Crippen molar-refractivity contribution in [3.05, 3.63) is 36.5 Å². The zero-order valence-corrected chi connectivity index (χ0v) is 53.1. The van der Waals surface area contributed by atoms with Gasteiger partial charge in [0.15, 0.2) is 0 Å². The summed E-state index contributed by atoms with van der Waals surface area (Å²) in [6, 6.07) is -0.862. The van der Waals surface area contributed by atoms with E-state index >= 15 is 0 Å². The maximum absolute atomic E-state index is 13.0. The summed E-state index contributed by atoms with van der Waals surface area (Å²) in [7, 11) is 1.57. The third-order valence-corrected chi connectivity index (χ3v) is 16.6. The van der Waals surface area contributed by atoms with Crippen LogP contribution in [0.2, 0.25) is 0 Å². The van der Waals surface area contributed by atoms with Gasteiger partial charge in [0.05, 0.1) is 39.9 Å². The minimum Gasteiger partial charge on any atom is -0.387 e. The second-order valence-electron chi connectivity index (χ2n) is 24.5. The van der Waals surface area contributed by atoms with Gasteiger partial charge in [-0.15, -0.1) is 0 Å². The minimum atomic E-state index is -4.36. The van der Waals surface area contributed by atoms with Gasteiger partial charge in [0.25, 0.3) is 0 Å². The smallest absolute Gasteiger partial charge is 0.387 e. The SMILES string of the molecule is CCCCCCCCCC/C=C\CCCCCCCCCCCCCCCCCCCCCCCCCC(=O)NC(COP(=O)(O)OCC[N+](C)(C)C)C(O)/C=C/CC/C=C/CCCCCCCCCCCCCCCC. The average Bonchev–Trinajstić information content (AvgIpc) is 3.39. The Labute approximate surface area is 480 Å². The lowest BCUT2D eigenvalue weighted by molar-refractivity contribution is -0.870. The van der Waals surface area contributed by atoms with Gasteiger partial charge >= 0.3 is 7.82 Å². The number of nitrogens with one attached hydrogen (secondary N) is 1. The number of phosphoric acid groups is 1. The molecule has 0 fully saturated rings. The summed E-state index contributed by atoms with van der Waals surface area (Å²) >= 11 is 0. The molecule has 0 bridgehead atoms. The molecular formula is C68H134N2O6P+. The molecule has 0 aliphatic carbocycles. The highest BCUT2D eigenvalue weighted by Crippen LogP contribution is 2.43. The van der Waals surface area contributed by atoms with Crippen molar-refractivity contribution in [3.8, 4) is 0 Å². The Kier molecular flexibility index (Phi) is 58.4. The van der Waals surface area contributed by atoms with E-state index in [1.54, 1.807) is 6.08 Å². The molecule has 0 saturated carbocycles. The standard InChI is InChI=1S/C68H133N2O6P/c1-6-8-10-12-14-16-18-20-22-24-26-28-29-30-31-32-33-34-35-36-37-38-39-40-41-42-44-46-48-50-52-54-56-58-60-62-68(72)69-66(65-76-77(73,74)75-64-63-70(3,4)5)67(71)61-59-57-55-53-51-49-47-45-43-27-25-23-21-19-17-15-13-11-9-7-2/h24,26,51,53,59,61,66-67,71H,6-23,25,27-50,52,54-58,60,62-65H2,1-5H3,(H-,69,72,73,74)/p+1/b26-24-,53-51+,61-59+. The molecule has 0 radical (unpaired) electrons. The van der Waals surface area contributed by atoms with E-state index in [-0.39, 0.29) is 19.1 Å². The summed E-state index contributed by atoms with van der Waals surface area (Å²) in [5.74, 6) is -0.180. The van der Waals surface area contributed by atoms with Gasteiger partial charge in [-0.05, 0) is 57.8 Å². The number of carbonyl (C=O) groups is 1. The minimum absolute atomic E-state index is 0.0581. The number of aliphatic hydroxyl groups is 1. The number of aliphatic hydroxyl groups excluding tert-OH is 1. The zero-order chi connectivity index (χ0) is 56.3. The molecule has 3 atom stereocenters. The molecule has 3 unspecified atom stereocenters. The van der Waals surface area contributed by atoms with Crippen LogP contribution >= 0.6 is 7.82 Å². The molecule has 0 aliphatic rings. The van der Waals surface area contributed by atoms with E-state index in [1.165, 1.54) is 283 Å². The van der Waals surface area contributed by atoms with Crippen LogP contribution in [0.5, 0.6) is 0 Å². The molecule has 0 aromatic rings. The van der Waals surface area contributed by atoms with Gasteiger partial charge in [-0.25, -0.2) is 4.57 Å². The molecule has 0 spiro atoms. The van der Waals surface area contributed by atoms with Gasteiger partial charge in [0.1, 0.15) is 13.2 Å². The van der Waals surface area contributed by atoms with Crippen molar-refractivity contribution in [1.29, 1.82) is 0 Å². The first-order valence-corrected chi connectivity index (χ1v) is 35.4. The average molecular weight is 1110 g/mol. The molecule has 0 saturated heterocycles. The monoisotopic (exact) mass is 1110 g/mol. The van der Waals surface area contributed by atoms with Crippen LogP contribution in [0.1, 0.15) is 341 Å². The summed E-state index contributed by atoms with van der Waals surface area (Å²) in [4.78, 5) is 23.4. The van der Waals surface area contributed by atoms with Crippen LogP contribution in [0.15, 0.2) is 36.5 Å². The molecule has 0 rings (SSSR count). The van der Waals surface area contributed by atoms with Gasteiger partial charge in [-0.3, -0.25) is 13.8 Å². The van der Waals surface area contributed by atoms with Crippen LogP contribution in [0.4, 0.5) is 0 Å². The fourth-order valence-corrected chi connectivity index (χ4v) is 11.0. The van der Waals surface area contributed by atoms with Crippen LogP contribution in [0.3, 0.4) is 0 Å². The quantitative estimate of drug-likeness (QED) is 0.0243. The molecule has 0 aromatic carbocycles. The van der Waals surface area contributed by atoms with Crippen molar-refractivity contribution >= 4 is 13.7 Å². The highest BCUT2D eigenvalue weighted by Gasteiger charge is 2.28. The fourth-order valence-electron chi connectivity index (χ4n) is 10.3. The fraction of sp³-hybridized carbons (Fsp3) is 0.897. The first-order valence-electron chi connectivity index (χ1n) is 33.9. The van der Waals surface area contributed by atoms with Crippen LogP contribution < -0.4 is 5.32 Å². The van der Waals surface area contributed by atoms with E-state index in [4.69, 9.17) is 9.05 Å². The summed E-state index contributed by atoms with van der Waals surface area (Å²) in [5, 5.41) is 14.0. The molecule has 1 amide bonds. The van der Waals surface area contributed by atoms with E-state index < -0.39 is 20.0 Å². The lowest BCUT2D eigenvalue weighted by atomic mass is 10.0. The van der Waals surface area contributed by atoms with Crippen LogP contribution in [-0.4, -0.2) is 73.4 Å². The first kappa shape index (κ1) is 75.7. The van der Waals surface area contributed by atoms with Crippen molar-refractivity contribution in [2.24, 2.45) is 0 Å². The summed E-state index contributed by atoms with van der Waals surface area (Å²) < 4.78 is 23.8. The number of nitrogens with zero attached hydrogens (tertiary/aromatic N) is 1. The van der Waals surface area contributed by atoms with Crippen LogP contribution in [-0.2, 0) is 18.4 Å². The maximum atomic E-state index is 13.0. The first-order chi connectivity index (χ1) is 37.5. The number of allylic oxidation sites excluding steroid dienone is 5. The van der Waals surface area contributed by atoms with Gasteiger partial charge in [0, 0.05) is 6.42 Å². The number of rotatable bonds is 63. The number of amides is 1. The number of likely N-dealkylation sites (N-methyl/N-ethyl adjacent to an activating group) is 1. The van der Waals surface area contributed by atoms with Crippen LogP contribution in [0.25, 0.3) is 0 Å². The van der Waals surface area contributed by atoms with E-state index in [2.05, 4.69) is 43.5 Å². The largest absolute Gasteiger partial charge is 0.472 e. The Morgan fingerprint density at radius 1 is 0.429 bits per heavy atom. The molecular weight excluding hydrogens is 972 g/mol. The van der Waals surface area contributed by atoms with Crippen molar-refractivity contribution in [2.75, 3.05) is 40.9 Å². The Morgan fingerprint density at radius 2 is 0.714 bits per heavy atom. The number of unbranched alkanes of at least 4 members (excludes halogenated alkanes) is 46. The lowest BCUT2D eigenvalue weighted by Gasteiger charge is -2.25. The van der Waals surface area contributed by atoms with Crippen LogP contribution in [0, 0.1) is 0 Å². The van der Waals surface area contributed by atoms with E-state index in [1.807, 2.05) is 27.2 Å². The lowest BCUT2D eigenvalue weighted by Crippen LogP contribution is -2.45. The molecule has 0 aliphatic heterocycles. The Hall–Kier alpha value is -1.28. The number of carbonyl (C=O) groups excluding carboxylic acids is 1. The topological polar surface area (TPSA) is 105 Å². The third-order valence-electron chi connectivity index (χ3n) is 15.6. The molecule has 77 heavy (non-hydrogen) atoms. The third kappa shape index (κ3) is 62.2. The van der Waals surface area contributed by atoms with E-state index in [9.17, 15) is 19.4 Å². The highest BCUT2D eigenvalue weighted by molar-refractivity contribution is 7.47. The van der Waals surface area contributed by atoms with Gasteiger partial charge in [-0.1, -0.05) is 314 Å². The predicted molar refractivity (Wildman–Crippen MR) is 337 cm³/mol. The predicted octanol–water partition coefficient (Wildman–Crippen LogP) is 21.3. The zero-order valence-electron chi connectivity index (χ0n) is 52.2. The van der Waals surface area contributed by atoms with E-state index in [0.717, 1.165) is 38.5 Å². The molecule has 0 aromatic heterocycles. The van der Waals surface area contributed by atoms with Crippen molar-refractivity contribution in [1.82, 2.24) is 5.32 Å². The van der Waals surface area contributed by atoms with E-state index in [0.29, 0.717) is 17.4 Å². The molecule has 9 heteroatoms. The molecule has 8 nitrogen and oxygen atoms in total. The van der Waals surface area contributed by atoms with Gasteiger partial charge in [0.2, 0.25) is 5.91 Å². The number of hydrogen-bond acceptors (Lipinski definition) is 5. The van der Waals surface area contributed by atoms with Gasteiger partial charge < -0.3 is 19.8 Å². The highest BCUT2D eigenvalue weighted by atomic mass is 31.2. The number of phosphoric ester groups is 1. The summed E-state index contributed by atoms with van der Waals surface area (Å²) in [6.07, 6.45) is 78.7. The number of quaternary nitrogens is 1. The van der Waals surface area contributed by atoms with Crippen molar-refractivity contribution in [3.63, 3.8) is 0 Å². The van der Waals surface area contributed by atoms with Gasteiger partial charge in [-0.2, -0.15) is 0 Å². The summed E-state index contributed by atoms with van der Waals surface area (Å²) in [5.41, 5.74) is 0. The normalized spacial score (nSPS) is 13.9. The van der Waals surface area contributed by atoms with Crippen molar-refractivity contribution < 1.29 is 32.9 Å². The Balaban J connectivity index is 4.01. The molecule has 3 N–H and O–H groups in total. The Bertz CT molecular complexity index is 1350.